The predicted octanol–water partition coefficient (Wildman–Crippen LogP) is 4.88. The maximum atomic E-state index is 10.7. The van der Waals surface area contributed by atoms with Crippen LogP contribution < -0.4 is 0 Å². The van der Waals surface area contributed by atoms with Crippen LogP contribution in [0, 0.1) is 23.2 Å². The molecule has 0 aromatic carbocycles. The molecule has 0 aromatic rings. The third-order valence-corrected chi connectivity index (χ3v) is 4.41. The molecule has 0 saturated carbocycles. The first-order chi connectivity index (χ1) is 7.79. The van der Waals surface area contributed by atoms with Crippen molar-refractivity contribution >= 4 is 0 Å². The van der Waals surface area contributed by atoms with E-state index in [1.807, 2.05) is 0 Å². The lowest BCUT2D eigenvalue weighted by Gasteiger charge is -2.40. The van der Waals surface area contributed by atoms with Gasteiger partial charge in [-0.2, -0.15) is 0 Å². The van der Waals surface area contributed by atoms with Crippen molar-refractivity contribution in [2.24, 2.45) is 23.2 Å². The van der Waals surface area contributed by atoms with E-state index in [-0.39, 0.29) is 11.5 Å². The molecule has 0 rings (SSSR count). The van der Waals surface area contributed by atoms with Crippen LogP contribution in [0.5, 0.6) is 0 Å². The van der Waals surface area contributed by atoms with Crippen molar-refractivity contribution in [3.63, 3.8) is 0 Å². The van der Waals surface area contributed by atoms with E-state index in [0.717, 1.165) is 19.3 Å². The van der Waals surface area contributed by atoms with Gasteiger partial charge in [0.1, 0.15) is 0 Å². The Bertz CT molecular complexity index is 192. The van der Waals surface area contributed by atoms with Crippen molar-refractivity contribution in [1.82, 2.24) is 0 Å². The van der Waals surface area contributed by atoms with E-state index in [9.17, 15) is 5.11 Å². The first kappa shape index (κ1) is 17.0. The van der Waals surface area contributed by atoms with Crippen LogP contribution in [-0.2, 0) is 0 Å². The molecule has 0 heterocycles. The normalized spacial score (nSPS) is 19.8. The summed E-state index contributed by atoms with van der Waals surface area (Å²) in [4.78, 5) is 0. The largest absolute Gasteiger partial charge is 0.393 e. The molecule has 0 aliphatic rings. The maximum Gasteiger partial charge on any atom is 0.0603 e. The molecule has 0 aliphatic heterocycles. The molecule has 0 radical (unpaired) electrons. The maximum absolute atomic E-state index is 10.7. The third-order valence-electron chi connectivity index (χ3n) is 4.41. The van der Waals surface area contributed by atoms with Crippen molar-refractivity contribution in [2.75, 3.05) is 0 Å². The molecule has 0 fully saturated rings. The molecular weight excluding hydrogens is 208 g/mol. The zero-order valence-corrected chi connectivity index (χ0v) is 13.1. The van der Waals surface area contributed by atoms with Crippen LogP contribution in [0.2, 0.25) is 0 Å². The molecule has 4 atom stereocenters. The van der Waals surface area contributed by atoms with Gasteiger partial charge in [0.25, 0.3) is 0 Å². The summed E-state index contributed by atoms with van der Waals surface area (Å²) >= 11 is 0. The Hall–Kier alpha value is -0.0400. The van der Waals surface area contributed by atoms with Crippen LogP contribution in [0.15, 0.2) is 0 Å². The third kappa shape index (κ3) is 4.99. The summed E-state index contributed by atoms with van der Waals surface area (Å²) in [6, 6.07) is 0. The highest BCUT2D eigenvalue weighted by Gasteiger charge is 2.35. The monoisotopic (exact) mass is 242 g/mol. The Morgan fingerprint density at radius 2 is 1.53 bits per heavy atom. The minimum absolute atomic E-state index is 0.144. The molecule has 1 nitrogen and oxygen atoms in total. The van der Waals surface area contributed by atoms with Gasteiger partial charge in [-0.15, -0.1) is 0 Å². The fraction of sp³-hybridized carbons (Fsp3) is 1.00. The first-order valence-corrected chi connectivity index (χ1v) is 7.47. The zero-order valence-electron chi connectivity index (χ0n) is 13.1. The molecule has 1 heteroatoms. The smallest absolute Gasteiger partial charge is 0.0603 e. The molecule has 4 unspecified atom stereocenters. The van der Waals surface area contributed by atoms with Crippen LogP contribution in [-0.4, -0.2) is 11.2 Å². The van der Waals surface area contributed by atoms with Gasteiger partial charge in [-0.05, 0) is 29.6 Å². The second-order valence-electron chi connectivity index (χ2n) is 6.71. The van der Waals surface area contributed by atoms with E-state index < -0.39 is 0 Å². The van der Waals surface area contributed by atoms with Crippen LogP contribution in [0.3, 0.4) is 0 Å². The molecule has 0 aromatic heterocycles. The molecule has 0 spiro atoms. The van der Waals surface area contributed by atoms with E-state index >= 15 is 0 Å². The van der Waals surface area contributed by atoms with Crippen LogP contribution in [0.4, 0.5) is 0 Å². The Kier molecular flexibility index (Phi) is 7.39. The lowest BCUT2D eigenvalue weighted by molar-refractivity contribution is -0.0236. The van der Waals surface area contributed by atoms with Gasteiger partial charge in [-0.3, -0.25) is 0 Å². The van der Waals surface area contributed by atoms with Crippen molar-refractivity contribution in [1.29, 1.82) is 0 Å². The van der Waals surface area contributed by atoms with Crippen molar-refractivity contribution < 1.29 is 5.11 Å². The first-order valence-electron chi connectivity index (χ1n) is 7.47. The van der Waals surface area contributed by atoms with Gasteiger partial charge in [-0.25, -0.2) is 0 Å². The molecule has 0 bridgehead atoms. The Balaban J connectivity index is 4.85. The molecule has 0 saturated heterocycles. The molecule has 1 N–H and O–H groups in total. The second-order valence-corrected chi connectivity index (χ2v) is 6.71. The zero-order chi connectivity index (χ0) is 13.6. The van der Waals surface area contributed by atoms with E-state index in [2.05, 4.69) is 48.5 Å². The number of aliphatic hydroxyl groups is 1. The van der Waals surface area contributed by atoms with E-state index in [4.69, 9.17) is 0 Å². The Labute approximate surface area is 109 Å². The lowest BCUT2D eigenvalue weighted by atomic mass is 9.68. The van der Waals surface area contributed by atoms with Crippen LogP contribution >= 0.6 is 0 Å². The minimum atomic E-state index is -0.144. The summed E-state index contributed by atoms with van der Waals surface area (Å²) in [6.45, 7) is 15.7. The van der Waals surface area contributed by atoms with Gasteiger partial charge in [0.05, 0.1) is 6.10 Å². The number of hydrogen-bond acceptors (Lipinski definition) is 1. The van der Waals surface area contributed by atoms with E-state index in [1.165, 1.54) is 6.42 Å². The molecule has 104 valence electrons. The van der Waals surface area contributed by atoms with E-state index in [0.29, 0.717) is 17.8 Å². The molecular formula is C16H34O. The highest BCUT2D eigenvalue weighted by Crippen LogP contribution is 2.38. The summed E-state index contributed by atoms with van der Waals surface area (Å²) in [7, 11) is 0. The minimum Gasteiger partial charge on any atom is -0.393 e. The van der Waals surface area contributed by atoms with Gasteiger partial charge < -0.3 is 5.11 Å². The van der Waals surface area contributed by atoms with Gasteiger partial charge in [0.2, 0.25) is 0 Å². The summed E-state index contributed by atoms with van der Waals surface area (Å²) in [5, 5.41) is 10.7. The van der Waals surface area contributed by atoms with Gasteiger partial charge in [0.15, 0.2) is 0 Å². The average Bonchev–Trinajstić information content (AvgIpc) is 2.24. The van der Waals surface area contributed by atoms with Crippen molar-refractivity contribution in [2.45, 2.75) is 80.3 Å². The summed E-state index contributed by atoms with van der Waals surface area (Å²) in [6.07, 6.45) is 4.41. The topological polar surface area (TPSA) is 20.2 Å². The highest BCUT2D eigenvalue weighted by molar-refractivity contribution is 4.85. The fourth-order valence-corrected chi connectivity index (χ4v) is 3.01. The van der Waals surface area contributed by atoms with Gasteiger partial charge in [0, 0.05) is 0 Å². The molecule has 0 aliphatic carbocycles. The number of hydrogen-bond donors (Lipinski definition) is 1. The summed E-state index contributed by atoms with van der Waals surface area (Å²) in [5.74, 6) is 1.50. The number of rotatable bonds is 7. The van der Waals surface area contributed by atoms with Gasteiger partial charge >= 0.3 is 0 Å². The average molecular weight is 242 g/mol. The fourth-order valence-electron chi connectivity index (χ4n) is 3.01. The second kappa shape index (κ2) is 7.41. The molecule has 17 heavy (non-hydrogen) atoms. The Morgan fingerprint density at radius 1 is 1.00 bits per heavy atom. The van der Waals surface area contributed by atoms with Crippen LogP contribution in [0.25, 0.3) is 0 Å². The standard InChI is InChI=1S/C16H34O/c1-8-11-14(16(5,6)7)15(17)13(10-3)12(4)9-2/h12-15,17H,8-11H2,1-7H3. The summed E-state index contributed by atoms with van der Waals surface area (Å²) < 4.78 is 0. The summed E-state index contributed by atoms with van der Waals surface area (Å²) in [5.41, 5.74) is 0.205. The quantitative estimate of drug-likeness (QED) is 0.674. The van der Waals surface area contributed by atoms with E-state index in [1.54, 1.807) is 0 Å². The van der Waals surface area contributed by atoms with Crippen LogP contribution in [0.1, 0.15) is 74.1 Å². The lowest BCUT2D eigenvalue weighted by Crippen LogP contribution is -2.39. The molecule has 0 amide bonds. The number of aliphatic hydroxyl groups excluding tert-OH is 1. The van der Waals surface area contributed by atoms with Crippen molar-refractivity contribution in [3.05, 3.63) is 0 Å². The highest BCUT2D eigenvalue weighted by atomic mass is 16.3. The Morgan fingerprint density at radius 3 is 1.82 bits per heavy atom. The van der Waals surface area contributed by atoms with Crippen molar-refractivity contribution in [3.8, 4) is 0 Å². The predicted molar refractivity (Wildman–Crippen MR) is 77.1 cm³/mol. The van der Waals surface area contributed by atoms with Gasteiger partial charge in [-0.1, -0.05) is 67.7 Å². The SMILES string of the molecule is CCCC(C(O)C(CC)C(C)CC)C(C)(C)C.